The van der Waals surface area contributed by atoms with Crippen molar-refractivity contribution in [3.05, 3.63) is 53.3 Å². The second kappa shape index (κ2) is 7.44. The van der Waals surface area contributed by atoms with Gasteiger partial charge in [-0.1, -0.05) is 23.7 Å². The first kappa shape index (κ1) is 18.2. The van der Waals surface area contributed by atoms with Crippen molar-refractivity contribution in [2.75, 3.05) is 44.7 Å². The Labute approximate surface area is 164 Å². The monoisotopic (exact) mass is 386 g/mol. The summed E-state index contributed by atoms with van der Waals surface area (Å²) < 4.78 is 5.14. The summed E-state index contributed by atoms with van der Waals surface area (Å²) in [5.41, 5.74) is 0.471. The molecule has 1 aliphatic carbocycles. The lowest BCUT2D eigenvalue weighted by Crippen LogP contribution is -2.48. The van der Waals surface area contributed by atoms with Crippen molar-refractivity contribution in [3.8, 4) is 0 Å². The third-order valence-corrected chi connectivity index (χ3v) is 5.95. The van der Waals surface area contributed by atoms with Crippen LogP contribution in [0, 0.1) is 5.92 Å². The summed E-state index contributed by atoms with van der Waals surface area (Å²) >= 11 is 6.01. The van der Waals surface area contributed by atoms with Gasteiger partial charge in [0.05, 0.1) is 12.5 Å². The molecule has 0 amide bonds. The number of methoxy groups -OCH3 is 1. The molecule has 0 unspecified atom stereocenters. The predicted molar refractivity (Wildman–Crippen MR) is 104 cm³/mol. The third kappa shape index (κ3) is 3.51. The molecule has 0 spiro atoms. The van der Waals surface area contributed by atoms with Crippen LogP contribution in [0.4, 0.5) is 5.95 Å². The summed E-state index contributed by atoms with van der Waals surface area (Å²) in [6.07, 6.45) is 4.37. The Bertz CT molecular complexity index is 793. The van der Waals surface area contributed by atoms with Crippen LogP contribution in [0.5, 0.6) is 0 Å². The van der Waals surface area contributed by atoms with Crippen LogP contribution in [0.2, 0.25) is 5.02 Å². The van der Waals surface area contributed by atoms with E-state index in [1.807, 2.05) is 30.3 Å². The number of nitrogens with zero attached hydrogens (tertiary/aromatic N) is 4. The number of aromatic nitrogens is 2. The van der Waals surface area contributed by atoms with Gasteiger partial charge in [0, 0.05) is 50.1 Å². The van der Waals surface area contributed by atoms with Gasteiger partial charge in [0.25, 0.3) is 0 Å². The van der Waals surface area contributed by atoms with Gasteiger partial charge < -0.3 is 9.64 Å². The lowest BCUT2D eigenvalue weighted by molar-refractivity contribution is -0.144. The van der Waals surface area contributed by atoms with Gasteiger partial charge in [-0.2, -0.15) is 0 Å². The maximum Gasteiger partial charge on any atom is 0.316 e. The number of piperazine rings is 1. The Hall–Kier alpha value is -2.18. The highest BCUT2D eigenvalue weighted by molar-refractivity contribution is 6.30. The Kier molecular flexibility index (Phi) is 5.02. The molecule has 2 heterocycles. The van der Waals surface area contributed by atoms with Crippen LogP contribution in [0.25, 0.3) is 0 Å². The lowest BCUT2D eigenvalue weighted by atomic mass is 9.93. The van der Waals surface area contributed by atoms with Gasteiger partial charge in [-0.05, 0) is 36.1 Å². The average molecular weight is 387 g/mol. The molecule has 1 saturated heterocycles. The van der Waals surface area contributed by atoms with E-state index in [2.05, 4.69) is 19.8 Å². The van der Waals surface area contributed by atoms with Crippen LogP contribution in [-0.2, 0) is 14.9 Å². The van der Waals surface area contributed by atoms with Crippen molar-refractivity contribution < 1.29 is 9.53 Å². The Balaban J connectivity index is 1.40. The highest BCUT2D eigenvalue weighted by atomic mass is 35.5. The summed E-state index contributed by atoms with van der Waals surface area (Å²) in [5, 5.41) is 0.676. The summed E-state index contributed by atoms with van der Waals surface area (Å²) in [5.74, 6) is 0.908. The summed E-state index contributed by atoms with van der Waals surface area (Å²) in [4.78, 5) is 25.9. The molecule has 1 saturated carbocycles. The number of rotatable bonds is 5. The van der Waals surface area contributed by atoms with E-state index in [0.717, 1.165) is 50.7 Å². The fourth-order valence-electron chi connectivity index (χ4n) is 4.10. The van der Waals surface area contributed by atoms with Gasteiger partial charge in [-0.15, -0.1) is 0 Å². The van der Waals surface area contributed by atoms with Crippen molar-refractivity contribution in [1.82, 2.24) is 14.9 Å². The molecule has 0 N–H and O–H groups in total. The van der Waals surface area contributed by atoms with Crippen LogP contribution in [0.3, 0.4) is 0 Å². The van der Waals surface area contributed by atoms with Crippen LogP contribution in [-0.4, -0.2) is 60.7 Å². The van der Waals surface area contributed by atoms with Crippen molar-refractivity contribution >= 4 is 23.5 Å². The number of esters is 1. The number of hydrogen-bond donors (Lipinski definition) is 0. The number of benzene rings is 1. The highest BCUT2D eigenvalue weighted by Gasteiger charge is 2.62. The molecule has 1 aromatic heterocycles. The molecule has 2 aliphatic rings. The molecule has 4 rings (SSSR count). The maximum atomic E-state index is 12.6. The van der Waals surface area contributed by atoms with Gasteiger partial charge in [-0.25, -0.2) is 9.97 Å². The van der Waals surface area contributed by atoms with Gasteiger partial charge in [0.15, 0.2) is 0 Å². The molecule has 27 heavy (non-hydrogen) atoms. The standard InChI is InChI=1S/C20H23ClN4O2/c1-27-18(26)20(15-3-5-17(21)6-4-15)13-16(20)14-24-9-11-25(12-10-24)19-22-7-2-8-23-19/h2-8,16H,9-14H2,1H3/t16-,20+/m1/s1. The average Bonchev–Trinajstić information content (AvgIpc) is 3.44. The van der Waals surface area contributed by atoms with E-state index < -0.39 is 5.41 Å². The normalized spacial score (nSPS) is 25.3. The molecule has 1 aliphatic heterocycles. The Morgan fingerprint density at radius 2 is 1.85 bits per heavy atom. The summed E-state index contributed by atoms with van der Waals surface area (Å²) in [6, 6.07) is 9.41. The van der Waals surface area contributed by atoms with Gasteiger partial charge in [0.2, 0.25) is 5.95 Å². The van der Waals surface area contributed by atoms with E-state index in [1.165, 1.54) is 7.11 Å². The highest BCUT2D eigenvalue weighted by Crippen LogP contribution is 2.55. The minimum absolute atomic E-state index is 0.147. The lowest BCUT2D eigenvalue weighted by Gasteiger charge is -2.35. The molecule has 2 aromatic rings. The first-order valence-electron chi connectivity index (χ1n) is 9.22. The maximum absolute atomic E-state index is 12.6. The number of halogens is 1. The molecule has 2 atom stereocenters. The number of carbonyl (C=O) groups is 1. The van der Waals surface area contributed by atoms with E-state index in [1.54, 1.807) is 12.4 Å². The first-order chi connectivity index (χ1) is 13.1. The van der Waals surface area contributed by atoms with Gasteiger partial charge >= 0.3 is 5.97 Å². The van der Waals surface area contributed by atoms with Crippen molar-refractivity contribution in [2.24, 2.45) is 5.92 Å². The predicted octanol–water partition coefficient (Wildman–Crippen LogP) is 2.38. The topological polar surface area (TPSA) is 58.6 Å². The van der Waals surface area contributed by atoms with E-state index in [0.29, 0.717) is 5.02 Å². The number of ether oxygens (including phenoxy) is 1. The summed E-state index contributed by atoms with van der Waals surface area (Å²) in [6.45, 7) is 4.55. The third-order valence-electron chi connectivity index (χ3n) is 5.70. The minimum Gasteiger partial charge on any atom is -0.468 e. The van der Waals surface area contributed by atoms with Crippen molar-refractivity contribution in [2.45, 2.75) is 11.8 Å². The van der Waals surface area contributed by atoms with Crippen LogP contribution < -0.4 is 4.90 Å². The van der Waals surface area contributed by atoms with Gasteiger partial charge in [-0.3, -0.25) is 9.69 Å². The number of hydrogen-bond acceptors (Lipinski definition) is 6. The molecule has 1 aromatic carbocycles. The quantitative estimate of drug-likeness (QED) is 0.735. The molecule has 0 radical (unpaired) electrons. The fraction of sp³-hybridized carbons (Fsp3) is 0.450. The number of anilines is 1. The van der Waals surface area contributed by atoms with E-state index in [9.17, 15) is 4.79 Å². The SMILES string of the molecule is COC(=O)[C@]1(c2ccc(Cl)cc2)C[C@@H]1CN1CCN(c2ncccn2)CC1. The smallest absolute Gasteiger partial charge is 0.316 e. The molecular formula is C20H23ClN4O2. The molecule has 6 nitrogen and oxygen atoms in total. The van der Waals surface area contributed by atoms with Gasteiger partial charge in [0.1, 0.15) is 0 Å². The number of carbonyl (C=O) groups excluding carboxylic acids is 1. The molecule has 2 fully saturated rings. The first-order valence-corrected chi connectivity index (χ1v) is 9.60. The second-order valence-electron chi connectivity index (χ2n) is 7.21. The molecule has 0 bridgehead atoms. The van der Waals surface area contributed by atoms with Crippen LogP contribution in [0.15, 0.2) is 42.7 Å². The zero-order valence-electron chi connectivity index (χ0n) is 15.3. The fourth-order valence-corrected chi connectivity index (χ4v) is 4.22. The van der Waals surface area contributed by atoms with E-state index in [-0.39, 0.29) is 11.9 Å². The zero-order valence-corrected chi connectivity index (χ0v) is 16.1. The van der Waals surface area contributed by atoms with Crippen LogP contribution in [0.1, 0.15) is 12.0 Å². The second-order valence-corrected chi connectivity index (χ2v) is 7.64. The Morgan fingerprint density at radius 3 is 2.48 bits per heavy atom. The molecular weight excluding hydrogens is 364 g/mol. The van der Waals surface area contributed by atoms with E-state index >= 15 is 0 Å². The molecule has 7 heteroatoms. The zero-order chi connectivity index (χ0) is 18.9. The van der Waals surface area contributed by atoms with Crippen LogP contribution >= 0.6 is 11.6 Å². The van der Waals surface area contributed by atoms with Crippen molar-refractivity contribution in [1.29, 1.82) is 0 Å². The largest absolute Gasteiger partial charge is 0.468 e. The van der Waals surface area contributed by atoms with Crippen molar-refractivity contribution in [3.63, 3.8) is 0 Å². The van der Waals surface area contributed by atoms with E-state index in [4.69, 9.17) is 16.3 Å². The summed E-state index contributed by atoms with van der Waals surface area (Å²) in [7, 11) is 1.47. The molecule has 142 valence electrons. The minimum atomic E-state index is -0.529. The Morgan fingerprint density at radius 1 is 1.19 bits per heavy atom.